The monoisotopic (exact) mass is 382 g/mol. The fourth-order valence-corrected chi connectivity index (χ4v) is 3.07. The molecule has 3 rings (SSSR count). The molecule has 1 amide bonds. The zero-order chi connectivity index (χ0) is 19.1. The SMILES string of the molecule is CNC(=O)COC(=O)Cc1csc(-c2cccc(Oc3ccccc3)c2)n1. The number of nitrogens with zero attached hydrogens (tertiary/aromatic N) is 1. The minimum Gasteiger partial charge on any atom is -0.457 e. The van der Waals surface area contributed by atoms with Crippen LogP contribution in [0.2, 0.25) is 0 Å². The van der Waals surface area contributed by atoms with Crippen LogP contribution in [-0.2, 0) is 20.7 Å². The highest BCUT2D eigenvalue weighted by molar-refractivity contribution is 7.13. The Kier molecular flexibility index (Phi) is 6.17. The van der Waals surface area contributed by atoms with Crippen molar-refractivity contribution in [3.05, 3.63) is 65.7 Å². The van der Waals surface area contributed by atoms with Crippen molar-refractivity contribution in [2.45, 2.75) is 6.42 Å². The van der Waals surface area contributed by atoms with Gasteiger partial charge in [-0.25, -0.2) is 4.98 Å². The first-order valence-corrected chi connectivity index (χ1v) is 9.16. The van der Waals surface area contributed by atoms with Gasteiger partial charge < -0.3 is 14.8 Å². The van der Waals surface area contributed by atoms with Crippen LogP contribution in [0.4, 0.5) is 0 Å². The number of likely N-dealkylation sites (N-methyl/N-ethyl adjacent to an activating group) is 1. The first-order valence-electron chi connectivity index (χ1n) is 8.28. The van der Waals surface area contributed by atoms with Gasteiger partial charge in [0.15, 0.2) is 6.61 Å². The number of esters is 1. The second kappa shape index (κ2) is 8.95. The van der Waals surface area contributed by atoms with E-state index in [2.05, 4.69) is 10.3 Å². The van der Waals surface area contributed by atoms with E-state index in [0.29, 0.717) is 11.4 Å². The molecule has 0 bridgehead atoms. The van der Waals surface area contributed by atoms with E-state index in [1.807, 2.05) is 54.6 Å². The Hall–Kier alpha value is -3.19. The van der Waals surface area contributed by atoms with Gasteiger partial charge in [0.05, 0.1) is 12.1 Å². The fraction of sp³-hybridized carbons (Fsp3) is 0.150. The normalized spacial score (nSPS) is 10.3. The summed E-state index contributed by atoms with van der Waals surface area (Å²) in [6.45, 7) is -0.287. The van der Waals surface area contributed by atoms with Gasteiger partial charge in [0, 0.05) is 18.0 Å². The standard InChI is InChI=1S/C20H18N2O4S/c1-21-18(23)12-25-19(24)11-15-13-27-20(22-15)14-6-5-9-17(10-14)26-16-7-3-2-4-8-16/h2-10,13H,11-12H2,1H3,(H,21,23). The molecule has 6 nitrogen and oxygen atoms in total. The molecule has 0 fully saturated rings. The van der Waals surface area contributed by atoms with Crippen LogP contribution in [0.1, 0.15) is 5.69 Å². The number of nitrogens with one attached hydrogen (secondary N) is 1. The van der Waals surface area contributed by atoms with Crippen LogP contribution >= 0.6 is 11.3 Å². The van der Waals surface area contributed by atoms with E-state index >= 15 is 0 Å². The van der Waals surface area contributed by atoms with E-state index in [9.17, 15) is 9.59 Å². The molecule has 0 aliphatic heterocycles. The van der Waals surface area contributed by atoms with Gasteiger partial charge in [0.25, 0.3) is 5.91 Å². The smallest absolute Gasteiger partial charge is 0.312 e. The van der Waals surface area contributed by atoms with Crippen LogP contribution in [0.3, 0.4) is 0 Å². The van der Waals surface area contributed by atoms with Gasteiger partial charge in [-0.3, -0.25) is 9.59 Å². The van der Waals surface area contributed by atoms with E-state index in [1.165, 1.54) is 18.4 Å². The maximum atomic E-state index is 11.8. The Morgan fingerprint density at radius 1 is 1.07 bits per heavy atom. The van der Waals surface area contributed by atoms with Crippen LogP contribution in [0.15, 0.2) is 60.0 Å². The zero-order valence-corrected chi connectivity index (χ0v) is 15.5. The number of ether oxygens (including phenoxy) is 2. The number of carbonyl (C=O) groups is 2. The molecule has 0 atom stereocenters. The number of rotatable bonds is 7. The van der Waals surface area contributed by atoms with Crippen molar-refractivity contribution in [3.63, 3.8) is 0 Å². The third kappa shape index (κ3) is 5.39. The number of aromatic nitrogens is 1. The summed E-state index contributed by atoms with van der Waals surface area (Å²) < 4.78 is 10.7. The van der Waals surface area contributed by atoms with Crippen LogP contribution in [0.25, 0.3) is 10.6 Å². The van der Waals surface area contributed by atoms with Crippen LogP contribution in [0.5, 0.6) is 11.5 Å². The van der Waals surface area contributed by atoms with Crippen molar-refractivity contribution < 1.29 is 19.1 Å². The topological polar surface area (TPSA) is 77.5 Å². The van der Waals surface area contributed by atoms with E-state index < -0.39 is 5.97 Å². The minimum atomic E-state index is -0.489. The first-order chi connectivity index (χ1) is 13.1. The second-order valence-corrected chi connectivity index (χ2v) is 6.46. The van der Waals surface area contributed by atoms with Gasteiger partial charge in [0.1, 0.15) is 16.5 Å². The Morgan fingerprint density at radius 2 is 1.85 bits per heavy atom. The minimum absolute atomic E-state index is 0.0215. The van der Waals surface area contributed by atoms with E-state index in [1.54, 1.807) is 5.38 Å². The Morgan fingerprint density at radius 3 is 2.63 bits per heavy atom. The lowest BCUT2D eigenvalue weighted by atomic mass is 10.2. The number of hydrogen-bond acceptors (Lipinski definition) is 6. The third-order valence-electron chi connectivity index (χ3n) is 3.58. The number of amides is 1. The fourth-order valence-electron chi connectivity index (χ4n) is 2.26. The maximum Gasteiger partial charge on any atom is 0.312 e. The van der Waals surface area contributed by atoms with Crippen molar-refractivity contribution in [2.24, 2.45) is 0 Å². The summed E-state index contributed by atoms with van der Waals surface area (Å²) in [6, 6.07) is 17.1. The predicted molar refractivity (Wildman–Crippen MR) is 103 cm³/mol. The molecule has 1 aromatic heterocycles. The molecule has 7 heteroatoms. The highest BCUT2D eigenvalue weighted by Gasteiger charge is 2.12. The molecule has 0 radical (unpaired) electrons. The molecule has 0 aliphatic carbocycles. The predicted octanol–water partition coefficient (Wildman–Crippen LogP) is 3.43. The molecule has 0 unspecified atom stereocenters. The maximum absolute atomic E-state index is 11.8. The van der Waals surface area contributed by atoms with E-state index in [0.717, 1.165) is 16.3 Å². The quantitative estimate of drug-likeness (QED) is 0.634. The highest BCUT2D eigenvalue weighted by Crippen LogP contribution is 2.29. The van der Waals surface area contributed by atoms with E-state index in [4.69, 9.17) is 9.47 Å². The second-order valence-electron chi connectivity index (χ2n) is 5.60. The summed E-state index contributed by atoms with van der Waals surface area (Å²) in [7, 11) is 1.48. The van der Waals surface area contributed by atoms with Gasteiger partial charge in [-0.15, -0.1) is 11.3 Å². The molecule has 0 saturated heterocycles. The van der Waals surface area contributed by atoms with Crippen LogP contribution in [-0.4, -0.2) is 30.5 Å². The molecular formula is C20H18N2O4S. The van der Waals surface area contributed by atoms with Crippen molar-refractivity contribution >= 4 is 23.2 Å². The summed E-state index contributed by atoms with van der Waals surface area (Å²) in [4.78, 5) is 27.4. The lowest BCUT2D eigenvalue weighted by molar-refractivity contribution is -0.147. The first kappa shape index (κ1) is 18.6. The lowest BCUT2D eigenvalue weighted by Crippen LogP contribution is -2.25. The highest BCUT2D eigenvalue weighted by atomic mass is 32.1. The van der Waals surface area contributed by atoms with Crippen molar-refractivity contribution in [2.75, 3.05) is 13.7 Å². The summed E-state index contributed by atoms with van der Waals surface area (Å²) in [5.41, 5.74) is 1.50. The lowest BCUT2D eigenvalue weighted by Gasteiger charge is -2.06. The Balaban J connectivity index is 1.65. The molecule has 3 aromatic rings. The van der Waals surface area contributed by atoms with Gasteiger partial charge in [-0.2, -0.15) is 0 Å². The molecular weight excluding hydrogens is 364 g/mol. The van der Waals surface area contributed by atoms with Crippen molar-refractivity contribution in [3.8, 4) is 22.1 Å². The summed E-state index contributed by atoms with van der Waals surface area (Å²) in [5.74, 6) is 0.628. The van der Waals surface area contributed by atoms with Crippen LogP contribution < -0.4 is 10.1 Å². The van der Waals surface area contributed by atoms with Crippen molar-refractivity contribution in [1.29, 1.82) is 0 Å². The molecule has 0 spiro atoms. The molecule has 27 heavy (non-hydrogen) atoms. The number of thiazole rings is 1. The summed E-state index contributed by atoms with van der Waals surface area (Å²) >= 11 is 1.43. The van der Waals surface area contributed by atoms with Gasteiger partial charge in [-0.05, 0) is 24.3 Å². The molecule has 2 aromatic carbocycles. The van der Waals surface area contributed by atoms with Gasteiger partial charge >= 0.3 is 5.97 Å². The average molecular weight is 382 g/mol. The number of carbonyl (C=O) groups excluding carboxylic acids is 2. The molecule has 1 N–H and O–H groups in total. The zero-order valence-electron chi connectivity index (χ0n) is 14.7. The van der Waals surface area contributed by atoms with Crippen molar-refractivity contribution in [1.82, 2.24) is 10.3 Å². The number of para-hydroxylation sites is 1. The van der Waals surface area contributed by atoms with Gasteiger partial charge in [0.2, 0.25) is 0 Å². The average Bonchev–Trinajstić information content (AvgIpc) is 3.15. The molecule has 0 aliphatic rings. The third-order valence-corrected chi connectivity index (χ3v) is 4.52. The number of benzene rings is 2. The molecule has 0 saturated carbocycles. The summed E-state index contributed by atoms with van der Waals surface area (Å²) in [5, 5.41) is 4.98. The van der Waals surface area contributed by atoms with Crippen LogP contribution in [0, 0.1) is 0 Å². The Labute approximate surface area is 160 Å². The molecule has 1 heterocycles. The molecule has 138 valence electrons. The number of hydrogen-bond donors (Lipinski definition) is 1. The van der Waals surface area contributed by atoms with Gasteiger partial charge in [-0.1, -0.05) is 30.3 Å². The van der Waals surface area contributed by atoms with E-state index in [-0.39, 0.29) is 18.9 Å². The summed E-state index contributed by atoms with van der Waals surface area (Å²) in [6.07, 6.45) is 0.0215. The largest absolute Gasteiger partial charge is 0.457 e. The Bertz CT molecular complexity index is 924.